The van der Waals surface area contributed by atoms with Gasteiger partial charge in [0, 0.05) is 30.8 Å². The number of rotatable bonds is 5. The van der Waals surface area contributed by atoms with E-state index in [1.807, 2.05) is 25.2 Å². The lowest BCUT2D eigenvalue weighted by Crippen LogP contribution is -2.19. The molecule has 0 fully saturated rings. The molecule has 2 aromatic carbocycles. The highest BCUT2D eigenvalue weighted by molar-refractivity contribution is 6.30. The Hall–Kier alpha value is -1.51. The summed E-state index contributed by atoms with van der Waals surface area (Å²) in [6.07, 6.45) is 0. The predicted molar refractivity (Wildman–Crippen MR) is 82.8 cm³/mol. The van der Waals surface area contributed by atoms with E-state index in [9.17, 15) is 0 Å². The molecule has 2 nitrogen and oxygen atoms in total. The second kappa shape index (κ2) is 6.60. The standard InChI is InChI=1S/C16H19ClN2/c1-18-11-14-10-15(17)8-9-16(14)19(2)12-13-6-4-3-5-7-13/h3-10,18H,11-12H2,1-2H3. The van der Waals surface area contributed by atoms with Gasteiger partial charge in [0.25, 0.3) is 0 Å². The first-order chi connectivity index (χ1) is 9.20. The van der Waals surface area contributed by atoms with Crippen LogP contribution in [0.25, 0.3) is 0 Å². The average molecular weight is 275 g/mol. The Morgan fingerprint density at radius 2 is 1.84 bits per heavy atom. The van der Waals surface area contributed by atoms with E-state index in [4.69, 9.17) is 11.6 Å². The topological polar surface area (TPSA) is 15.3 Å². The zero-order valence-corrected chi connectivity index (χ0v) is 12.1. The summed E-state index contributed by atoms with van der Waals surface area (Å²) in [5, 5.41) is 3.96. The molecule has 0 spiro atoms. The van der Waals surface area contributed by atoms with Crippen LogP contribution in [-0.2, 0) is 13.1 Å². The summed E-state index contributed by atoms with van der Waals surface area (Å²) in [4.78, 5) is 2.25. The van der Waals surface area contributed by atoms with E-state index >= 15 is 0 Å². The molecule has 100 valence electrons. The van der Waals surface area contributed by atoms with Gasteiger partial charge in [0.1, 0.15) is 0 Å². The SMILES string of the molecule is CNCc1cc(Cl)ccc1N(C)Cc1ccccc1. The van der Waals surface area contributed by atoms with Crippen molar-refractivity contribution in [3.8, 4) is 0 Å². The predicted octanol–water partition coefficient (Wildman–Crippen LogP) is 3.70. The highest BCUT2D eigenvalue weighted by Gasteiger charge is 2.08. The van der Waals surface area contributed by atoms with Crippen LogP contribution in [0.5, 0.6) is 0 Å². The normalized spacial score (nSPS) is 10.5. The van der Waals surface area contributed by atoms with Crippen LogP contribution in [0.3, 0.4) is 0 Å². The monoisotopic (exact) mass is 274 g/mol. The van der Waals surface area contributed by atoms with Gasteiger partial charge in [-0.3, -0.25) is 0 Å². The van der Waals surface area contributed by atoms with Crippen molar-refractivity contribution >= 4 is 17.3 Å². The molecule has 1 N–H and O–H groups in total. The molecular weight excluding hydrogens is 256 g/mol. The number of hydrogen-bond acceptors (Lipinski definition) is 2. The minimum absolute atomic E-state index is 0.780. The van der Waals surface area contributed by atoms with Crippen LogP contribution in [-0.4, -0.2) is 14.1 Å². The smallest absolute Gasteiger partial charge is 0.0426 e. The molecule has 19 heavy (non-hydrogen) atoms. The first-order valence-corrected chi connectivity index (χ1v) is 6.76. The number of anilines is 1. The summed E-state index contributed by atoms with van der Waals surface area (Å²) < 4.78 is 0. The van der Waals surface area contributed by atoms with E-state index in [1.54, 1.807) is 0 Å². The second-order valence-corrected chi connectivity index (χ2v) is 5.08. The molecule has 0 heterocycles. The Bertz CT molecular complexity index is 526. The zero-order chi connectivity index (χ0) is 13.7. The van der Waals surface area contributed by atoms with Crippen LogP contribution in [0.1, 0.15) is 11.1 Å². The number of nitrogens with zero attached hydrogens (tertiary/aromatic N) is 1. The van der Waals surface area contributed by atoms with Crippen molar-refractivity contribution in [2.24, 2.45) is 0 Å². The Kier molecular flexibility index (Phi) is 4.83. The van der Waals surface area contributed by atoms with E-state index in [1.165, 1.54) is 16.8 Å². The van der Waals surface area contributed by atoms with Gasteiger partial charge in [-0.15, -0.1) is 0 Å². The summed E-state index contributed by atoms with van der Waals surface area (Å²) >= 11 is 6.07. The molecule has 0 unspecified atom stereocenters. The van der Waals surface area contributed by atoms with Crippen LogP contribution >= 0.6 is 11.6 Å². The van der Waals surface area contributed by atoms with Gasteiger partial charge in [0.15, 0.2) is 0 Å². The van der Waals surface area contributed by atoms with Crippen molar-refractivity contribution in [3.63, 3.8) is 0 Å². The lowest BCUT2D eigenvalue weighted by molar-refractivity contribution is 0.805. The van der Waals surface area contributed by atoms with Gasteiger partial charge in [-0.2, -0.15) is 0 Å². The lowest BCUT2D eigenvalue weighted by atomic mass is 10.1. The molecule has 2 aromatic rings. The van der Waals surface area contributed by atoms with Gasteiger partial charge in [-0.05, 0) is 36.4 Å². The van der Waals surface area contributed by atoms with Crippen LogP contribution in [0.2, 0.25) is 5.02 Å². The summed E-state index contributed by atoms with van der Waals surface area (Å²) in [6, 6.07) is 16.5. The van der Waals surface area contributed by atoms with Gasteiger partial charge in [-0.1, -0.05) is 41.9 Å². The summed E-state index contributed by atoms with van der Waals surface area (Å²) in [6.45, 7) is 1.70. The molecule has 0 saturated heterocycles. The quantitative estimate of drug-likeness (QED) is 0.894. The zero-order valence-electron chi connectivity index (χ0n) is 11.4. The first kappa shape index (κ1) is 13.9. The molecule has 0 aliphatic carbocycles. The largest absolute Gasteiger partial charge is 0.370 e. The maximum Gasteiger partial charge on any atom is 0.0426 e. The molecule has 3 heteroatoms. The third-order valence-electron chi connectivity index (χ3n) is 3.08. The maximum atomic E-state index is 6.07. The third kappa shape index (κ3) is 3.72. The summed E-state index contributed by atoms with van der Waals surface area (Å²) in [7, 11) is 4.05. The molecule has 0 aliphatic heterocycles. The molecule has 0 aliphatic rings. The van der Waals surface area contributed by atoms with E-state index in [0.717, 1.165) is 18.1 Å². The minimum Gasteiger partial charge on any atom is -0.370 e. The molecule has 0 atom stereocenters. The Balaban J connectivity index is 2.20. The van der Waals surface area contributed by atoms with Gasteiger partial charge >= 0.3 is 0 Å². The second-order valence-electron chi connectivity index (χ2n) is 4.65. The molecule has 2 rings (SSSR count). The Labute approximate surface area is 120 Å². The average Bonchev–Trinajstić information content (AvgIpc) is 2.40. The highest BCUT2D eigenvalue weighted by Crippen LogP contribution is 2.24. The number of halogens is 1. The minimum atomic E-state index is 0.780. The summed E-state index contributed by atoms with van der Waals surface area (Å²) in [5.41, 5.74) is 3.73. The molecule has 0 saturated carbocycles. The first-order valence-electron chi connectivity index (χ1n) is 6.39. The molecule has 0 bridgehead atoms. The van der Waals surface area contributed by atoms with E-state index in [0.29, 0.717) is 0 Å². The Morgan fingerprint density at radius 1 is 1.11 bits per heavy atom. The van der Waals surface area contributed by atoms with Crippen molar-refractivity contribution in [2.75, 3.05) is 19.0 Å². The fraction of sp³-hybridized carbons (Fsp3) is 0.250. The highest BCUT2D eigenvalue weighted by atomic mass is 35.5. The van der Waals surface area contributed by atoms with Crippen LogP contribution in [0.4, 0.5) is 5.69 Å². The van der Waals surface area contributed by atoms with Crippen molar-refractivity contribution in [1.82, 2.24) is 5.32 Å². The molecule has 0 aromatic heterocycles. The fourth-order valence-corrected chi connectivity index (χ4v) is 2.40. The number of benzene rings is 2. The number of hydrogen-bond donors (Lipinski definition) is 1. The molecular formula is C16H19ClN2. The Morgan fingerprint density at radius 3 is 2.53 bits per heavy atom. The molecule has 0 amide bonds. The maximum absolute atomic E-state index is 6.07. The van der Waals surface area contributed by atoms with Crippen molar-refractivity contribution in [1.29, 1.82) is 0 Å². The van der Waals surface area contributed by atoms with Gasteiger partial charge in [0.05, 0.1) is 0 Å². The lowest BCUT2D eigenvalue weighted by Gasteiger charge is -2.23. The summed E-state index contributed by atoms with van der Waals surface area (Å²) in [5.74, 6) is 0. The number of nitrogens with one attached hydrogen (secondary N) is 1. The van der Waals surface area contributed by atoms with E-state index in [2.05, 4.69) is 47.6 Å². The van der Waals surface area contributed by atoms with Gasteiger partial charge in [0.2, 0.25) is 0 Å². The van der Waals surface area contributed by atoms with Crippen molar-refractivity contribution < 1.29 is 0 Å². The van der Waals surface area contributed by atoms with Crippen molar-refractivity contribution in [2.45, 2.75) is 13.1 Å². The third-order valence-corrected chi connectivity index (χ3v) is 3.32. The van der Waals surface area contributed by atoms with E-state index < -0.39 is 0 Å². The molecule has 0 radical (unpaired) electrons. The van der Waals surface area contributed by atoms with Gasteiger partial charge in [-0.25, -0.2) is 0 Å². The van der Waals surface area contributed by atoms with Crippen LogP contribution in [0, 0.1) is 0 Å². The van der Waals surface area contributed by atoms with Crippen molar-refractivity contribution in [3.05, 3.63) is 64.7 Å². The van der Waals surface area contributed by atoms with Crippen LogP contribution < -0.4 is 10.2 Å². The van der Waals surface area contributed by atoms with Crippen LogP contribution in [0.15, 0.2) is 48.5 Å². The fourth-order valence-electron chi connectivity index (χ4n) is 2.20. The van der Waals surface area contributed by atoms with E-state index in [-0.39, 0.29) is 0 Å². The van der Waals surface area contributed by atoms with Gasteiger partial charge < -0.3 is 10.2 Å².